The molecular formula is C21H24N4O5. The summed E-state index contributed by atoms with van der Waals surface area (Å²) in [6.07, 6.45) is 2.09. The number of urea groups is 1. The summed E-state index contributed by atoms with van der Waals surface area (Å²) in [6.45, 7) is 2.77. The summed E-state index contributed by atoms with van der Waals surface area (Å²) in [5.74, 6) is -1.84. The van der Waals surface area contributed by atoms with E-state index in [4.69, 9.17) is 10.00 Å². The van der Waals surface area contributed by atoms with Gasteiger partial charge in [-0.3, -0.25) is 19.3 Å². The number of hydrogen-bond acceptors (Lipinski definition) is 6. The summed E-state index contributed by atoms with van der Waals surface area (Å²) in [5, 5.41) is 14.1. The van der Waals surface area contributed by atoms with Crippen molar-refractivity contribution in [3.63, 3.8) is 0 Å². The zero-order valence-electron chi connectivity index (χ0n) is 16.9. The molecule has 1 aliphatic carbocycles. The van der Waals surface area contributed by atoms with E-state index in [-0.39, 0.29) is 5.92 Å². The number of nitrogens with zero attached hydrogens (tertiary/aromatic N) is 2. The van der Waals surface area contributed by atoms with Gasteiger partial charge in [-0.05, 0) is 49.9 Å². The Labute approximate surface area is 174 Å². The zero-order valence-corrected chi connectivity index (χ0v) is 16.9. The van der Waals surface area contributed by atoms with Crippen molar-refractivity contribution in [1.29, 1.82) is 5.26 Å². The van der Waals surface area contributed by atoms with E-state index in [1.54, 1.807) is 24.3 Å². The first kappa shape index (κ1) is 21.3. The van der Waals surface area contributed by atoms with Crippen LogP contribution in [-0.4, -0.2) is 46.9 Å². The van der Waals surface area contributed by atoms with Gasteiger partial charge in [-0.2, -0.15) is 5.26 Å². The molecule has 9 nitrogen and oxygen atoms in total. The van der Waals surface area contributed by atoms with Gasteiger partial charge < -0.3 is 15.4 Å². The van der Waals surface area contributed by atoms with Crippen LogP contribution < -0.4 is 10.6 Å². The SMILES string of the molecule is C[C@H](OC(=O)CN1C(=O)N[C@]2(CCCC[C@H]2C)C1=O)C(=O)Nc1ccc(C#N)cc1. The Morgan fingerprint density at radius 3 is 2.67 bits per heavy atom. The summed E-state index contributed by atoms with van der Waals surface area (Å²) in [5.41, 5.74) is -0.0518. The van der Waals surface area contributed by atoms with Crippen LogP contribution >= 0.6 is 0 Å². The van der Waals surface area contributed by atoms with Crippen LogP contribution in [0.15, 0.2) is 24.3 Å². The number of anilines is 1. The molecule has 1 aliphatic heterocycles. The zero-order chi connectivity index (χ0) is 21.9. The van der Waals surface area contributed by atoms with Gasteiger partial charge >= 0.3 is 12.0 Å². The molecule has 0 radical (unpaired) electrons. The van der Waals surface area contributed by atoms with E-state index < -0.39 is 42.0 Å². The Bertz CT molecular complexity index is 907. The van der Waals surface area contributed by atoms with Crippen molar-refractivity contribution in [3.8, 4) is 6.07 Å². The number of hydrogen-bond donors (Lipinski definition) is 2. The highest BCUT2D eigenvalue weighted by atomic mass is 16.5. The first-order valence-corrected chi connectivity index (χ1v) is 9.91. The van der Waals surface area contributed by atoms with Gasteiger partial charge in [0.05, 0.1) is 11.6 Å². The minimum Gasteiger partial charge on any atom is -0.451 e. The van der Waals surface area contributed by atoms with Crippen molar-refractivity contribution in [2.75, 3.05) is 11.9 Å². The van der Waals surface area contributed by atoms with Gasteiger partial charge in [-0.25, -0.2) is 4.79 Å². The molecule has 30 heavy (non-hydrogen) atoms. The molecule has 4 amide bonds. The van der Waals surface area contributed by atoms with Gasteiger partial charge in [-0.15, -0.1) is 0 Å². The molecule has 1 saturated heterocycles. The molecule has 0 aromatic heterocycles. The molecule has 0 bridgehead atoms. The highest BCUT2D eigenvalue weighted by Gasteiger charge is 2.55. The van der Waals surface area contributed by atoms with Crippen LogP contribution in [0.1, 0.15) is 45.1 Å². The maximum atomic E-state index is 12.9. The Balaban J connectivity index is 1.56. The second kappa shape index (κ2) is 8.53. The Morgan fingerprint density at radius 1 is 1.33 bits per heavy atom. The number of nitrogens with one attached hydrogen (secondary N) is 2. The van der Waals surface area contributed by atoms with Gasteiger partial charge in [0.1, 0.15) is 12.1 Å². The third kappa shape index (κ3) is 4.13. The number of ether oxygens (including phenoxy) is 1. The molecule has 9 heteroatoms. The maximum Gasteiger partial charge on any atom is 0.327 e. The molecule has 2 N–H and O–H groups in total. The number of carbonyl (C=O) groups is 4. The summed E-state index contributed by atoms with van der Waals surface area (Å²) >= 11 is 0. The standard InChI is InChI=1S/C21H24N4O5/c1-13-5-3-4-10-21(13)19(28)25(20(29)24-21)12-17(26)30-14(2)18(27)23-16-8-6-15(11-22)7-9-16/h6-9,13-14H,3-5,10,12H2,1-2H3,(H,23,27)(H,24,29)/t13-,14+,21+/m1/s1. The molecule has 1 aromatic carbocycles. The summed E-state index contributed by atoms with van der Waals surface area (Å²) in [7, 11) is 0. The number of rotatable bonds is 5. The van der Waals surface area contributed by atoms with Crippen LogP contribution in [-0.2, 0) is 19.1 Å². The molecule has 1 saturated carbocycles. The van der Waals surface area contributed by atoms with E-state index in [1.807, 2.05) is 13.0 Å². The van der Waals surface area contributed by atoms with Crippen LogP contribution in [0.2, 0.25) is 0 Å². The number of imide groups is 1. The normalized spacial score (nSPS) is 24.2. The fourth-order valence-corrected chi connectivity index (χ4v) is 3.93. The first-order chi connectivity index (χ1) is 14.3. The molecule has 158 valence electrons. The lowest BCUT2D eigenvalue weighted by molar-refractivity contribution is -0.155. The number of amides is 4. The third-order valence-electron chi connectivity index (χ3n) is 5.75. The fraction of sp³-hybridized carbons (Fsp3) is 0.476. The molecule has 1 aromatic rings. The molecule has 2 fully saturated rings. The minimum atomic E-state index is -1.13. The van der Waals surface area contributed by atoms with Crippen molar-refractivity contribution in [2.24, 2.45) is 5.92 Å². The number of esters is 1. The Kier molecular flexibility index (Phi) is 6.06. The van der Waals surface area contributed by atoms with Gasteiger partial charge in [0.2, 0.25) is 0 Å². The smallest absolute Gasteiger partial charge is 0.327 e. The lowest BCUT2D eigenvalue weighted by Crippen LogP contribution is -2.54. The second-order valence-electron chi connectivity index (χ2n) is 7.75. The molecule has 3 atom stereocenters. The van der Waals surface area contributed by atoms with E-state index in [0.717, 1.165) is 24.2 Å². The van der Waals surface area contributed by atoms with Crippen LogP contribution in [0.4, 0.5) is 10.5 Å². The molecule has 1 spiro atoms. The molecule has 2 aliphatic rings. The van der Waals surface area contributed by atoms with E-state index in [0.29, 0.717) is 17.7 Å². The van der Waals surface area contributed by atoms with Crippen molar-refractivity contribution in [1.82, 2.24) is 10.2 Å². The lowest BCUT2D eigenvalue weighted by Gasteiger charge is -2.36. The van der Waals surface area contributed by atoms with Crippen molar-refractivity contribution in [2.45, 2.75) is 51.2 Å². The van der Waals surface area contributed by atoms with Crippen LogP contribution in [0.5, 0.6) is 0 Å². The highest BCUT2D eigenvalue weighted by molar-refractivity contribution is 6.09. The van der Waals surface area contributed by atoms with Crippen LogP contribution in [0.25, 0.3) is 0 Å². The number of nitriles is 1. The first-order valence-electron chi connectivity index (χ1n) is 9.91. The molecule has 3 rings (SSSR count). The predicted molar refractivity (Wildman–Crippen MR) is 106 cm³/mol. The molecule has 0 unspecified atom stereocenters. The third-order valence-corrected chi connectivity index (χ3v) is 5.75. The average Bonchev–Trinajstić information content (AvgIpc) is 2.95. The van der Waals surface area contributed by atoms with Gasteiger partial charge in [0.25, 0.3) is 11.8 Å². The van der Waals surface area contributed by atoms with Crippen LogP contribution in [0, 0.1) is 17.2 Å². The second-order valence-corrected chi connectivity index (χ2v) is 7.75. The maximum absolute atomic E-state index is 12.9. The van der Waals surface area contributed by atoms with E-state index >= 15 is 0 Å². The van der Waals surface area contributed by atoms with Gasteiger partial charge in [-0.1, -0.05) is 19.8 Å². The van der Waals surface area contributed by atoms with Crippen molar-refractivity contribution < 1.29 is 23.9 Å². The highest BCUT2D eigenvalue weighted by Crippen LogP contribution is 2.38. The van der Waals surface area contributed by atoms with Crippen LogP contribution in [0.3, 0.4) is 0 Å². The number of carbonyl (C=O) groups excluding carboxylic acids is 4. The molecule has 1 heterocycles. The topological polar surface area (TPSA) is 129 Å². The number of benzene rings is 1. The monoisotopic (exact) mass is 412 g/mol. The van der Waals surface area contributed by atoms with Crippen molar-refractivity contribution in [3.05, 3.63) is 29.8 Å². The summed E-state index contributed by atoms with van der Waals surface area (Å²) in [4.78, 5) is 50.6. The van der Waals surface area contributed by atoms with Gasteiger partial charge in [0.15, 0.2) is 6.10 Å². The predicted octanol–water partition coefficient (Wildman–Crippen LogP) is 1.93. The quantitative estimate of drug-likeness (QED) is 0.562. The summed E-state index contributed by atoms with van der Waals surface area (Å²) in [6, 6.07) is 7.58. The van der Waals surface area contributed by atoms with E-state index in [9.17, 15) is 19.2 Å². The van der Waals surface area contributed by atoms with E-state index in [1.165, 1.54) is 6.92 Å². The Morgan fingerprint density at radius 2 is 2.03 bits per heavy atom. The fourth-order valence-electron chi connectivity index (χ4n) is 3.93. The molecular weight excluding hydrogens is 388 g/mol. The average molecular weight is 412 g/mol. The van der Waals surface area contributed by atoms with Crippen molar-refractivity contribution >= 4 is 29.5 Å². The minimum absolute atomic E-state index is 0.0131. The summed E-state index contributed by atoms with van der Waals surface area (Å²) < 4.78 is 5.11. The van der Waals surface area contributed by atoms with Gasteiger partial charge in [0, 0.05) is 5.69 Å². The lowest BCUT2D eigenvalue weighted by atomic mass is 9.73. The Hall–Kier alpha value is -3.41. The largest absolute Gasteiger partial charge is 0.451 e. The van der Waals surface area contributed by atoms with E-state index in [2.05, 4.69) is 10.6 Å².